The maximum absolute atomic E-state index is 11.0. The zero-order chi connectivity index (χ0) is 8.81. The first-order valence-electron chi connectivity index (χ1n) is 3.66. The molecule has 0 N–H and O–H groups in total. The first-order valence-corrected chi connectivity index (χ1v) is 7.16. The van der Waals surface area contributed by atoms with Crippen LogP contribution in [-0.4, -0.2) is 8.07 Å². The van der Waals surface area contributed by atoms with E-state index >= 15 is 0 Å². The summed E-state index contributed by atoms with van der Waals surface area (Å²) in [6.45, 7) is 7.99. The molecule has 0 fully saturated rings. The molecule has 0 radical (unpaired) electrons. The molecule has 11 heavy (non-hydrogen) atoms. The van der Waals surface area contributed by atoms with E-state index in [9.17, 15) is 9.59 Å². The van der Waals surface area contributed by atoms with Gasteiger partial charge in [0.25, 0.3) is 0 Å². The average Bonchev–Trinajstić information content (AvgIpc) is 1.85. The van der Waals surface area contributed by atoms with Crippen molar-refractivity contribution in [2.45, 2.75) is 26.6 Å². The van der Waals surface area contributed by atoms with Crippen LogP contribution in [-0.2, 0) is 0 Å². The molecule has 0 aromatic heterocycles. The van der Waals surface area contributed by atoms with Crippen LogP contribution >= 0.6 is 0 Å². The summed E-state index contributed by atoms with van der Waals surface area (Å²) in [5.74, 6) is 0. The van der Waals surface area contributed by atoms with E-state index in [-0.39, 0.29) is 10.9 Å². The minimum absolute atomic E-state index is 0.235. The predicted octanol–water partition coefficient (Wildman–Crippen LogP) is 0.136. The van der Waals surface area contributed by atoms with Gasteiger partial charge in [0.1, 0.15) is 0 Å². The molecule has 0 bridgehead atoms. The highest BCUT2D eigenvalue weighted by Crippen LogP contribution is 2.00. The van der Waals surface area contributed by atoms with Crippen molar-refractivity contribution in [2.24, 2.45) is 0 Å². The Balaban J connectivity index is 3.31. The van der Waals surface area contributed by atoms with Crippen molar-refractivity contribution in [1.82, 2.24) is 0 Å². The second-order valence-electron chi connectivity index (χ2n) is 3.91. The molecule has 0 spiro atoms. The average molecular weight is 168 g/mol. The molecule has 0 aliphatic rings. The van der Waals surface area contributed by atoms with Crippen LogP contribution < -0.4 is 16.0 Å². The van der Waals surface area contributed by atoms with Crippen molar-refractivity contribution in [3.05, 3.63) is 26.0 Å². The van der Waals surface area contributed by atoms with Crippen LogP contribution in [0.1, 0.15) is 5.56 Å². The molecule has 0 aliphatic heterocycles. The zero-order valence-electron chi connectivity index (χ0n) is 7.32. The molecule has 1 aromatic carbocycles. The van der Waals surface area contributed by atoms with Gasteiger partial charge in [0.05, 0.1) is 8.07 Å². The lowest BCUT2D eigenvalue weighted by Gasteiger charge is -2.19. The van der Waals surface area contributed by atoms with E-state index in [1.54, 1.807) is 6.92 Å². The first kappa shape index (κ1) is 8.39. The van der Waals surface area contributed by atoms with Gasteiger partial charge in [-0.25, -0.2) is 0 Å². The highest BCUT2D eigenvalue weighted by atomic mass is 28.3. The Labute approximate surface area is 66.6 Å². The molecule has 0 heterocycles. The predicted molar refractivity (Wildman–Crippen MR) is 49.1 cm³/mol. The van der Waals surface area contributed by atoms with E-state index < -0.39 is 8.07 Å². The zero-order valence-corrected chi connectivity index (χ0v) is 8.32. The molecule has 3 heteroatoms. The van der Waals surface area contributed by atoms with Gasteiger partial charge < -0.3 is 0 Å². The van der Waals surface area contributed by atoms with Gasteiger partial charge in [-0.1, -0.05) is 19.6 Å². The van der Waals surface area contributed by atoms with Gasteiger partial charge in [0.15, 0.2) is 0 Å². The Kier molecular flexibility index (Phi) is 1.63. The van der Waals surface area contributed by atoms with Gasteiger partial charge in [0.2, 0.25) is 10.9 Å². The van der Waals surface area contributed by atoms with E-state index in [0.29, 0.717) is 5.56 Å². The third-order valence-corrected chi connectivity index (χ3v) is 4.00. The van der Waals surface area contributed by atoms with Crippen LogP contribution in [0.5, 0.6) is 0 Å². The Bertz CT molecular complexity index is 350. The fraction of sp³-hybridized carbons (Fsp3) is 0.500. The third-order valence-electron chi connectivity index (χ3n) is 1.90. The lowest BCUT2D eigenvalue weighted by molar-refractivity contribution is 1.31. The van der Waals surface area contributed by atoms with Crippen molar-refractivity contribution in [1.29, 1.82) is 0 Å². The Morgan fingerprint density at radius 3 is 1.64 bits per heavy atom. The molecule has 2 nitrogen and oxygen atoms in total. The standard InChI is InChI=1S/C8H12O2Si/c1-5-6(9)7(10)8(5)11(2,3)4/h1-4H3. The summed E-state index contributed by atoms with van der Waals surface area (Å²) in [7, 11) is -1.53. The minimum atomic E-state index is -1.53. The first-order chi connectivity index (χ1) is 4.85. The summed E-state index contributed by atoms with van der Waals surface area (Å²) in [5, 5.41) is 0.836. The fourth-order valence-electron chi connectivity index (χ4n) is 1.41. The van der Waals surface area contributed by atoms with Gasteiger partial charge in [-0.05, 0) is 12.1 Å². The lowest BCUT2D eigenvalue weighted by Crippen LogP contribution is -2.61. The van der Waals surface area contributed by atoms with Gasteiger partial charge in [-0.3, -0.25) is 9.59 Å². The van der Waals surface area contributed by atoms with Gasteiger partial charge in [-0.15, -0.1) is 0 Å². The minimum Gasteiger partial charge on any atom is -0.286 e. The summed E-state index contributed by atoms with van der Waals surface area (Å²) >= 11 is 0. The van der Waals surface area contributed by atoms with Crippen LogP contribution in [0.25, 0.3) is 0 Å². The smallest absolute Gasteiger partial charge is 0.228 e. The van der Waals surface area contributed by atoms with Crippen molar-refractivity contribution in [3.63, 3.8) is 0 Å². The molecule has 60 valence electrons. The SMILES string of the molecule is Cc1c([Si](C)(C)C)c(=O)c1=O. The fourth-order valence-corrected chi connectivity index (χ4v) is 3.44. The highest BCUT2D eigenvalue weighted by molar-refractivity contribution is 6.89. The van der Waals surface area contributed by atoms with Crippen molar-refractivity contribution in [3.8, 4) is 0 Å². The maximum atomic E-state index is 11.0. The second-order valence-corrected chi connectivity index (χ2v) is 8.91. The molecule has 0 aliphatic carbocycles. The Morgan fingerprint density at radius 1 is 1.00 bits per heavy atom. The van der Waals surface area contributed by atoms with E-state index in [4.69, 9.17) is 0 Å². The van der Waals surface area contributed by atoms with Crippen LogP contribution in [0, 0.1) is 6.92 Å². The van der Waals surface area contributed by atoms with Gasteiger partial charge >= 0.3 is 0 Å². The van der Waals surface area contributed by atoms with E-state index in [0.717, 1.165) is 5.19 Å². The summed E-state index contributed by atoms with van der Waals surface area (Å²) in [6.07, 6.45) is 0. The molecule has 1 aromatic rings. The molecule has 1 rings (SSSR count). The van der Waals surface area contributed by atoms with Crippen LogP contribution in [0.2, 0.25) is 19.6 Å². The van der Waals surface area contributed by atoms with E-state index in [1.165, 1.54) is 0 Å². The van der Waals surface area contributed by atoms with Gasteiger partial charge in [0, 0.05) is 5.56 Å². The third kappa shape index (κ3) is 1.09. The van der Waals surface area contributed by atoms with Crippen LogP contribution in [0.15, 0.2) is 9.59 Å². The van der Waals surface area contributed by atoms with Crippen LogP contribution in [0.4, 0.5) is 0 Å². The molecule has 0 saturated heterocycles. The van der Waals surface area contributed by atoms with E-state index in [1.807, 2.05) is 0 Å². The molecule has 0 saturated carbocycles. The van der Waals surface area contributed by atoms with Gasteiger partial charge in [-0.2, -0.15) is 0 Å². The monoisotopic (exact) mass is 168 g/mol. The van der Waals surface area contributed by atoms with Crippen molar-refractivity contribution in [2.75, 3.05) is 0 Å². The quantitative estimate of drug-likeness (QED) is 0.441. The van der Waals surface area contributed by atoms with E-state index in [2.05, 4.69) is 19.6 Å². The summed E-state index contributed by atoms with van der Waals surface area (Å²) in [5.41, 5.74) is 0.193. The van der Waals surface area contributed by atoms with Crippen molar-refractivity contribution < 1.29 is 0 Å². The lowest BCUT2D eigenvalue weighted by atomic mass is 10.2. The maximum Gasteiger partial charge on any atom is 0.228 e. The molecular weight excluding hydrogens is 156 g/mol. The van der Waals surface area contributed by atoms with Crippen molar-refractivity contribution >= 4 is 13.3 Å². The topological polar surface area (TPSA) is 34.1 Å². The highest BCUT2D eigenvalue weighted by Gasteiger charge is 2.28. The second kappa shape index (κ2) is 2.14. The summed E-state index contributed by atoms with van der Waals surface area (Å²) in [4.78, 5) is 21.9. The Hall–Kier alpha value is -0.703. The molecule has 0 amide bonds. The molecular formula is C8H12O2Si. The Morgan fingerprint density at radius 2 is 1.45 bits per heavy atom. The number of rotatable bonds is 1. The largest absolute Gasteiger partial charge is 0.286 e. The molecule has 0 unspecified atom stereocenters. The van der Waals surface area contributed by atoms with Crippen LogP contribution in [0.3, 0.4) is 0 Å². The molecule has 0 atom stereocenters. The number of hydrogen-bond donors (Lipinski definition) is 0. The normalized spacial score (nSPS) is 12.4. The summed E-state index contributed by atoms with van der Waals surface area (Å²) < 4.78 is 0. The number of hydrogen-bond acceptors (Lipinski definition) is 2. The summed E-state index contributed by atoms with van der Waals surface area (Å²) in [6, 6.07) is 0.